The van der Waals surface area contributed by atoms with E-state index in [1.165, 1.54) is 0 Å². The lowest BCUT2D eigenvalue weighted by Gasteiger charge is -2.21. The van der Waals surface area contributed by atoms with Crippen molar-refractivity contribution in [2.24, 2.45) is 0 Å². The number of pyridine rings is 1. The summed E-state index contributed by atoms with van der Waals surface area (Å²) in [6.45, 7) is 0.464. The van der Waals surface area contributed by atoms with Crippen LogP contribution in [0.2, 0.25) is 5.02 Å². The molecule has 5 heteroatoms. The Balaban J connectivity index is 2.72. The van der Waals surface area contributed by atoms with Crippen LogP contribution < -0.4 is 4.90 Å². The SMILES string of the molecule is CN(CCO)c1c(C#N)cnc2ccc(Cl)cc12. The van der Waals surface area contributed by atoms with Crippen LogP contribution in [0.25, 0.3) is 10.9 Å². The standard InChI is InChI=1S/C13H12ClN3O/c1-17(4-5-18)13-9(7-15)8-16-12-3-2-10(14)6-11(12)13/h2-3,6,8,18H,4-5H2,1H3. The molecule has 0 radical (unpaired) electrons. The molecule has 2 rings (SSSR count). The zero-order valence-corrected chi connectivity index (χ0v) is 10.6. The van der Waals surface area contributed by atoms with Crippen LogP contribution in [-0.2, 0) is 0 Å². The van der Waals surface area contributed by atoms with Crippen LogP contribution in [0, 0.1) is 11.3 Å². The number of anilines is 1. The number of rotatable bonds is 3. The molecule has 0 spiro atoms. The molecule has 0 fully saturated rings. The third-order valence-corrected chi connectivity index (χ3v) is 2.97. The molecule has 0 aliphatic rings. The van der Waals surface area contributed by atoms with Crippen molar-refractivity contribution in [2.45, 2.75) is 0 Å². The Labute approximate surface area is 110 Å². The predicted molar refractivity (Wildman–Crippen MR) is 71.8 cm³/mol. The highest BCUT2D eigenvalue weighted by Crippen LogP contribution is 2.30. The van der Waals surface area contributed by atoms with Crippen LogP contribution in [0.4, 0.5) is 5.69 Å². The minimum absolute atomic E-state index is 0.0196. The first-order valence-electron chi connectivity index (χ1n) is 5.47. The van der Waals surface area contributed by atoms with Gasteiger partial charge in [0.05, 0.1) is 23.4 Å². The van der Waals surface area contributed by atoms with Crippen LogP contribution in [-0.4, -0.2) is 30.3 Å². The molecule has 0 amide bonds. The van der Waals surface area contributed by atoms with E-state index >= 15 is 0 Å². The zero-order chi connectivity index (χ0) is 13.1. The van der Waals surface area contributed by atoms with Crippen LogP contribution >= 0.6 is 11.6 Å². The second kappa shape index (κ2) is 5.21. The van der Waals surface area contributed by atoms with E-state index < -0.39 is 0 Å². The van der Waals surface area contributed by atoms with Crippen molar-refractivity contribution in [1.29, 1.82) is 5.26 Å². The van der Waals surface area contributed by atoms with E-state index in [0.717, 1.165) is 16.6 Å². The topological polar surface area (TPSA) is 60.1 Å². The van der Waals surface area contributed by atoms with Crippen LogP contribution in [0.3, 0.4) is 0 Å². The molecule has 92 valence electrons. The average molecular weight is 262 g/mol. The molecule has 2 aromatic rings. The van der Waals surface area contributed by atoms with Crippen molar-refractivity contribution < 1.29 is 5.11 Å². The number of benzene rings is 1. The van der Waals surface area contributed by atoms with Crippen molar-refractivity contribution in [1.82, 2.24) is 4.98 Å². The summed E-state index contributed by atoms with van der Waals surface area (Å²) in [5.74, 6) is 0. The van der Waals surface area contributed by atoms with Crippen molar-refractivity contribution in [3.05, 3.63) is 35.0 Å². The number of nitrogens with zero attached hydrogens (tertiary/aromatic N) is 3. The molecular weight excluding hydrogens is 250 g/mol. The Morgan fingerprint density at radius 3 is 2.94 bits per heavy atom. The van der Waals surface area contributed by atoms with Gasteiger partial charge in [-0.15, -0.1) is 0 Å². The van der Waals surface area contributed by atoms with Gasteiger partial charge in [-0.2, -0.15) is 5.26 Å². The van der Waals surface area contributed by atoms with Gasteiger partial charge in [-0.1, -0.05) is 11.6 Å². The molecule has 0 saturated heterocycles. The van der Waals surface area contributed by atoms with Crippen LogP contribution in [0.15, 0.2) is 24.4 Å². The third-order valence-electron chi connectivity index (χ3n) is 2.74. The molecule has 1 aromatic carbocycles. The second-order valence-corrected chi connectivity index (χ2v) is 4.38. The first-order valence-corrected chi connectivity index (χ1v) is 5.85. The van der Waals surface area contributed by atoms with E-state index in [1.807, 2.05) is 18.0 Å². The number of halogens is 1. The highest BCUT2D eigenvalue weighted by Gasteiger charge is 2.13. The smallest absolute Gasteiger partial charge is 0.103 e. The molecule has 1 aromatic heterocycles. The summed E-state index contributed by atoms with van der Waals surface area (Å²) in [6.07, 6.45) is 1.54. The number of nitriles is 1. The minimum atomic E-state index is 0.0196. The fraction of sp³-hybridized carbons (Fsp3) is 0.231. The monoisotopic (exact) mass is 261 g/mol. The minimum Gasteiger partial charge on any atom is -0.395 e. The van der Waals surface area contributed by atoms with Gasteiger partial charge >= 0.3 is 0 Å². The lowest BCUT2D eigenvalue weighted by atomic mass is 10.1. The van der Waals surface area contributed by atoms with Crippen LogP contribution in [0.5, 0.6) is 0 Å². The summed E-state index contributed by atoms with van der Waals surface area (Å²) in [4.78, 5) is 6.06. The normalized spacial score (nSPS) is 10.3. The Hall–Kier alpha value is -1.83. The number of aliphatic hydroxyl groups is 1. The summed E-state index contributed by atoms with van der Waals surface area (Å²) in [5.41, 5.74) is 2.00. The maximum absolute atomic E-state index is 9.15. The number of hydrogen-bond donors (Lipinski definition) is 1. The van der Waals surface area contributed by atoms with Gasteiger partial charge in [-0.3, -0.25) is 4.98 Å². The lowest BCUT2D eigenvalue weighted by Crippen LogP contribution is -2.22. The number of hydrogen-bond acceptors (Lipinski definition) is 4. The van der Waals surface area contributed by atoms with Gasteiger partial charge in [0.1, 0.15) is 6.07 Å². The van der Waals surface area contributed by atoms with E-state index in [9.17, 15) is 0 Å². The predicted octanol–water partition coefficient (Wildman–Crippen LogP) is 2.19. The highest BCUT2D eigenvalue weighted by atomic mass is 35.5. The molecule has 0 unspecified atom stereocenters. The highest BCUT2D eigenvalue weighted by molar-refractivity contribution is 6.31. The molecule has 4 nitrogen and oxygen atoms in total. The summed E-state index contributed by atoms with van der Waals surface area (Å²) < 4.78 is 0. The van der Waals surface area contributed by atoms with E-state index in [0.29, 0.717) is 17.1 Å². The van der Waals surface area contributed by atoms with E-state index in [4.69, 9.17) is 22.0 Å². The fourth-order valence-corrected chi connectivity index (χ4v) is 2.08. The first kappa shape index (κ1) is 12.6. The van der Waals surface area contributed by atoms with E-state index in [1.54, 1.807) is 18.3 Å². The quantitative estimate of drug-likeness (QED) is 0.920. The van der Waals surface area contributed by atoms with Gasteiger partial charge in [0.25, 0.3) is 0 Å². The lowest BCUT2D eigenvalue weighted by molar-refractivity contribution is 0.304. The van der Waals surface area contributed by atoms with Crippen molar-refractivity contribution in [2.75, 3.05) is 25.1 Å². The second-order valence-electron chi connectivity index (χ2n) is 3.94. The van der Waals surface area contributed by atoms with E-state index in [2.05, 4.69) is 11.1 Å². The molecule has 0 aliphatic heterocycles. The van der Waals surface area contributed by atoms with Gasteiger partial charge in [-0.25, -0.2) is 0 Å². The van der Waals surface area contributed by atoms with Gasteiger partial charge in [-0.05, 0) is 18.2 Å². The first-order chi connectivity index (χ1) is 8.67. The summed E-state index contributed by atoms with van der Waals surface area (Å²) in [7, 11) is 1.83. The van der Waals surface area contributed by atoms with Crippen molar-refractivity contribution >= 4 is 28.2 Å². The Morgan fingerprint density at radius 2 is 2.28 bits per heavy atom. The van der Waals surface area contributed by atoms with Gasteiger partial charge in [0.15, 0.2) is 0 Å². The Bertz CT molecular complexity index is 621. The number of aromatic nitrogens is 1. The number of fused-ring (bicyclic) bond motifs is 1. The third kappa shape index (κ3) is 2.23. The van der Waals surface area contributed by atoms with Crippen molar-refractivity contribution in [3.63, 3.8) is 0 Å². The van der Waals surface area contributed by atoms with E-state index in [-0.39, 0.29) is 6.61 Å². The molecule has 0 bridgehead atoms. The Morgan fingerprint density at radius 1 is 1.50 bits per heavy atom. The molecular formula is C13H12ClN3O. The zero-order valence-electron chi connectivity index (χ0n) is 9.89. The van der Waals surface area contributed by atoms with Gasteiger partial charge < -0.3 is 10.0 Å². The largest absolute Gasteiger partial charge is 0.395 e. The van der Waals surface area contributed by atoms with Crippen molar-refractivity contribution in [3.8, 4) is 6.07 Å². The fourth-order valence-electron chi connectivity index (χ4n) is 1.91. The number of aliphatic hydroxyl groups excluding tert-OH is 1. The summed E-state index contributed by atoms with van der Waals surface area (Å²) >= 11 is 5.99. The molecule has 18 heavy (non-hydrogen) atoms. The summed E-state index contributed by atoms with van der Waals surface area (Å²) in [6, 6.07) is 7.48. The van der Waals surface area contributed by atoms with Gasteiger partial charge in [0, 0.05) is 30.2 Å². The number of likely N-dealkylation sites (N-methyl/N-ethyl adjacent to an activating group) is 1. The summed E-state index contributed by atoms with van der Waals surface area (Å²) in [5, 5.41) is 19.6. The molecule has 0 saturated carbocycles. The maximum Gasteiger partial charge on any atom is 0.103 e. The van der Waals surface area contributed by atoms with Crippen LogP contribution in [0.1, 0.15) is 5.56 Å². The average Bonchev–Trinajstić information content (AvgIpc) is 2.37. The molecule has 0 atom stereocenters. The van der Waals surface area contributed by atoms with Gasteiger partial charge in [0.2, 0.25) is 0 Å². The maximum atomic E-state index is 9.15. The molecule has 1 heterocycles. The molecule has 1 N–H and O–H groups in total. The molecule has 0 aliphatic carbocycles. The Kier molecular flexibility index (Phi) is 3.66.